The van der Waals surface area contributed by atoms with E-state index in [1.807, 2.05) is 36.4 Å². The Balaban J connectivity index is 0.722. The number of benzene rings is 4. The van der Waals surface area contributed by atoms with E-state index < -0.39 is 120 Å². The fourth-order valence-corrected chi connectivity index (χ4v) is 13.6. The number of pyridine rings is 2. The normalized spacial score (nSPS) is 20.0. The van der Waals surface area contributed by atoms with E-state index in [1.165, 1.54) is 42.0 Å². The molecular weight excluding hydrogens is 1350 g/mol. The summed E-state index contributed by atoms with van der Waals surface area (Å²) in [6.07, 6.45) is -11.6. The van der Waals surface area contributed by atoms with Crippen LogP contribution in [0.15, 0.2) is 83.7 Å². The maximum absolute atomic E-state index is 15.7. The van der Waals surface area contributed by atoms with E-state index >= 15 is 4.39 Å². The van der Waals surface area contributed by atoms with E-state index in [0.717, 1.165) is 16.8 Å². The monoisotopic (exact) mass is 1420 g/mol. The maximum atomic E-state index is 15.7. The summed E-state index contributed by atoms with van der Waals surface area (Å²) in [6, 6.07) is 19.6. The smallest absolute Gasteiger partial charge is 0.407 e. The molecular formula is C71H76FN11O20. The summed E-state index contributed by atoms with van der Waals surface area (Å²) in [5.41, 5.74) is 5.02. The van der Waals surface area contributed by atoms with Crippen LogP contribution < -0.4 is 41.8 Å². The summed E-state index contributed by atoms with van der Waals surface area (Å²) in [7, 11) is 3.28. The number of aryl methyl sites for hydroxylation is 2. The molecule has 0 radical (unpaired) electrons. The number of hydrogen-bond acceptors (Lipinski definition) is 22. The van der Waals surface area contributed by atoms with Crippen LogP contribution in [0.3, 0.4) is 0 Å². The summed E-state index contributed by atoms with van der Waals surface area (Å²) in [5.74, 6) is -6.35. The molecule has 6 amide bonds. The quantitative estimate of drug-likeness (QED) is 0.0290. The van der Waals surface area contributed by atoms with E-state index in [4.69, 9.17) is 33.4 Å². The number of aliphatic carboxylic acids is 1. The van der Waals surface area contributed by atoms with Crippen LogP contribution in [0.2, 0.25) is 0 Å². The minimum Gasteiger partial charge on any atom is -0.479 e. The first-order valence-electron chi connectivity index (χ1n) is 33.5. The first kappa shape index (κ1) is 72.2. The molecule has 3 aromatic heterocycles. The predicted octanol–water partition coefficient (Wildman–Crippen LogP) is 2.28. The third-order valence-electron chi connectivity index (χ3n) is 19.2. The zero-order valence-electron chi connectivity index (χ0n) is 56.5. The van der Waals surface area contributed by atoms with Crippen molar-refractivity contribution in [3.8, 4) is 39.7 Å². The molecule has 0 bridgehead atoms. The van der Waals surface area contributed by atoms with Gasteiger partial charge < -0.3 is 90.0 Å². The number of carbonyl (C=O) groups is 8. The fourth-order valence-electron chi connectivity index (χ4n) is 13.6. The molecule has 1 saturated heterocycles. The van der Waals surface area contributed by atoms with Gasteiger partial charge in [-0.25, -0.2) is 28.4 Å². The molecule has 10 N–H and O–H groups in total. The van der Waals surface area contributed by atoms with E-state index in [2.05, 4.69) is 36.9 Å². The van der Waals surface area contributed by atoms with Gasteiger partial charge in [0.1, 0.15) is 54.8 Å². The Morgan fingerprint density at radius 2 is 1.59 bits per heavy atom. The number of ether oxygens (including phenoxy) is 6. The standard InChI is InChI=1S/C71H76FN11O20/c1-5-71(97)44-27-50-58-42(32-83(50)66(92)43(44)34-100-69(71)95)57-46(16-15-39-35(2)45(72)28-47(77-58)56(39)57)78-70(96)101-33-36-14-17-51(102-68-63(90)61(88)62(89)64(103-68)67(93)94)38(26-36)29-74-52(84)20-22-73-65(91)48(30-75-53(85)21-23-99-25-24-98-4)76-54(86)18-19-55(87)82-31-37-10-6-7-11-40(37)60-59(79-80-81(60)3)41-12-8-9-13-49(41)82/h6-14,17,26-28,46,48,61-64,68,88-90,97H,5,15-16,18-25,29-34H2,1-4H3,(H,73,91)(H,74,84)(H,75,85)(H,76,86)(H,78,96)(H,93,94). The molecule has 8 unspecified atom stereocenters. The van der Waals surface area contributed by atoms with Gasteiger partial charge in [-0.3, -0.25) is 28.8 Å². The lowest BCUT2D eigenvalue weighted by atomic mass is 9.81. The minimum absolute atomic E-state index is 0.0258. The number of nitrogens with zero attached hydrogens (tertiary/aromatic N) is 6. The SMILES string of the molecule is CCC1(O)C(=O)OCc2c1cc1n(c2=O)Cc2c-1nc1cc(F)c(C)c3c1c2C(NC(=O)OCc1ccc(OC2OC(C(=O)O)C(O)C(O)C2O)c(CNC(=O)CCNC(=O)C(CNC(=O)CCOCCOC)NC(=O)CCC(=O)N2Cc4ccccc4-c4c(nnn4C)-c4ccccc42)c1)CC3. The second-order valence-electron chi connectivity index (χ2n) is 25.6. The molecule has 542 valence electrons. The molecule has 103 heavy (non-hydrogen) atoms. The van der Waals surface area contributed by atoms with Gasteiger partial charge in [0.15, 0.2) is 11.7 Å². The van der Waals surface area contributed by atoms with Crippen LogP contribution in [0.25, 0.3) is 44.8 Å². The van der Waals surface area contributed by atoms with Gasteiger partial charge in [-0.1, -0.05) is 60.7 Å². The number of carboxylic acid groups (broad SMARTS) is 1. The van der Waals surface area contributed by atoms with Crippen molar-refractivity contribution in [3.05, 3.63) is 145 Å². The largest absolute Gasteiger partial charge is 0.479 e. The number of aliphatic hydroxyl groups excluding tert-OH is 3. The van der Waals surface area contributed by atoms with Gasteiger partial charge in [0.2, 0.25) is 35.8 Å². The highest BCUT2D eigenvalue weighted by Gasteiger charge is 2.49. The van der Waals surface area contributed by atoms with Crippen molar-refractivity contribution in [1.29, 1.82) is 0 Å². The second-order valence-corrected chi connectivity index (χ2v) is 25.6. The molecule has 0 saturated carbocycles. The first-order chi connectivity index (χ1) is 49.5. The van der Waals surface area contributed by atoms with Crippen LogP contribution in [0.4, 0.5) is 14.9 Å². The highest BCUT2D eigenvalue weighted by molar-refractivity contribution is 6.02. The number of nitrogens with one attached hydrogen (secondary N) is 5. The van der Waals surface area contributed by atoms with Crippen LogP contribution >= 0.6 is 0 Å². The summed E-state index contributed by atoms with van der Waals surface area (Å²) in [5, 5.41) is 76.0. The fraction of sp³-hybridized carbons (Fsp3) is 0.408. The molecule has 5 aliphatic rings. The highest BCUT2D eigenvalue weighted by Crippen LogP contribution is 2.47. The Bertz CT molecular complexity index is 4600. The van der Waals surface area contributed by atoms with E-state index in [-0.39, 0.29) is 124 Å². The highest BCUT2D eigenvalue weighted by atomic mass is 19.1. The van der Waals surface area contributed by atoms with Gasteiger partial charge in [-0.05, 0) is 78.3 Å². The van der Waals surface area contributed by atoms with Gasteiger partial charge in [-0.15, -0.1) is 5.10 Å². The minimum atomic E-state index is -2.12. The zero-order valence-corrected chi connectivity index (χ0v) is 56.5. The van der Waals surface area contributed by atoms with Gasteiger partial charge in [0, 0.05) is 98.7 Å². The molecule has 4 aromatic carbocycles. The lowest BCUT2D eigenvalue weighted by molar-refractivity contribution is -0.271. The molecule has 31 nitrogen and oxygen atoms in total. The van der Waals surface area contributed by atoms with Crippen molar-refractivity contribution >= 4 is 64.2 Å². The molecule has 1 aliphatic carbocycles. The number of halogens is 1. The van der Waals surface area contributed by atoms with E-state index in [1.54, 1.807) is 42.6 Å². The van der Waals surface area contributed by atoms with Crippen LogP contribution in [-0.2, 0) is 109 Å². The van der Waals surface area contributed by atoms with Crippen molar-refractivity contribution in [1.82, 2.24) is 51.1 Å². The third-order valence-corrected chi connectivity index (χ3v) is 19.2. The number of amides is 6. The number of alkyl carbamates (subject to hydrolysis) is 1. The van der Waals surface area contributed by atoms with Crippen LogP contribution in [0.1, 0.15) is 102 Å². The number of rotatable bonds is 25. The molecule has 8 atom stereocenters. The zero-order chi connectivity index (χ0) is 73.1. The van der Waals surface area contributed by atoms with Crippen LogP contribution in [0.5, 0.6) is 5.75 Å². The lowest BCUT2D eigenvalue weighted by Gasteiger charge is -2.38. The van der Waals surface area contributed by atoms with Gasteiger partial charge >= 0.3 is 18.0 Å². The molecule has 0 spiro atoms. The topological polar surface area (TPSA) is 422 Å². The van der Waals surface area contributed by atoms with Gasteiger partial charge in [0.05, 0.1) is 72.8 Å². The summed E-state index contributed by atoms with van der Waals surface area (Å²) >= 11 is 0. The summed E-state index contributed by atoms with van der Waals surface area (Å²) in [6.45, 7) is 1.98. The van der Waals surface area contributed by atoms with Crippen molar-refractivity contribution in [2.24, 2.45) is 7.05 Å². The molecule has 1 fully saturated rings. The number of carboxylic acids is 1. The number of hydrogen-bond donors (Lipinski definition) is 10. The lowest BCUT2D eigenvalue weighted by Crippen LogP contribution is -2.61. The van der Waals surface area contributed by atoms with Crippen molar-refractivity contribution in [3.63, 3.8) is 0 Å². The second kappa shape index (κ2) is 30.5. The number of para-hydroxylation sites is 1. The van der Waals surface area contributed by atoms with E-state index in [0.29, 0.717) is 63.2 Å². The number of esters is 1. The van der Waals surface area contributed by atoms with Crippen LogP contribution in [-0.4, -0.2) is 174 Å². The average molecular weight is 1420 g/mol. The van der Waals surface area contributed by atoms with Crippen molar-refractivity contribution in [2.45, 2.75) is 140 Å². The Labute approximate surface area is 586 Å². The number of aromatic nitrogens is 5. The number of cyclic esters (lactones) is 1. The summed E-state index contributed by atoms with van der Waals surface area (Å²) < 4.78 is 51.5. The number of aliphatic hydroxyl groups is 4. The Kier molecular flexibility index (Phi) is 21.4. The predicted molar refractivity (Wildman–Crippen MR) is 359 cm³/mol. The number of carbonyl (C=O) groups excluding carboxylic acids is 7. The molecule has 12 rings (SSSR count). The first-order valence-corrected chi connectivity index (χ1v) is 33.5. The number of anilines is 1. The van der Waals surface area contributed by atoms with Gasteiger partial charge in [-0.2, -0.15) is 0 Å². The third kappa shape index (κ3) is 14.6. The number of fused-ring (bicyclic) bond motifs is 10. The Morgan fingerprint density at radius 1 is 0.825 bits per heavy atom. The molecule has 32 heteroatoms. The van der Waals surface area contributed by atoms with Crippen LogP contribution in [0, 0.1) is 12.7 Å². The molecule has 4 aliphatic heterocycles. The van der Waals surface area contributed by atoms with Gasteiger partial charge in [0.25, 0.3) is 5.56 Å². The Hall–Kier alpha value is -10.6. The molecule has 7 aromatic rings. The average Bonchev–Trinajstić information content (AvgIpc) is 1.59. The maximum Gasteiger partial charge on any atom is 0.407 e. The number of methoxy groups -OCH3 is 1. The molecule has 7 heterocycles. The summed E-state index contributed by atoms with van der Waals surface area (Å²) in [4.78, 5) is 128. The van der Waals surface area contributed by atoms with Crippen molar-refractivity contribution in [2.75, 3.05) is 44.9 Å². The van der Waals surface area contributed by atoms with E-state index in [9.17, 15) is 68.7 Å². The van der Waals surface area contributed by atoms with Crippen molar-refractivity contribution < 1.29 is 96.7 Å². The Morgan fingerprint density at radius 3 is 2.37 bits per heavy atom.